The van der Waals surface area contributed by atoms with Crippen LogP contribution in [0.1, 0.15) is 20.3 Å². The summed E-state index contributed by atoms with van der Waals surface area (Å²) in [5.41, 5.74) is -0.211. The van der Waals surface area contributed by atoms with Crippen LogP contribution in [0.4, 0.5) is 17.3 Å². The lowest BCUT2D eigenvalue weighted by Gasteiger charge is -2.22. The molecule has 1 amide bonds. The van der Waals surface area contributed by atoms with Gasteiger partial charge in [-0.25, -0.2) is 9.97 Å². The van der Waals surface area contributed by atoms with Gasteiger partial charge < -0.3 is 15.5 Å². The summed E-state index contributed by atoms with van der Waals surface area (Å²) in [6.07, 6.45) is 1.99. The molecule has 0 atom stereocenters. The van der Waals surface area contributed by atoms with Crippen LogP contribution in [0.2, 0.25) is 0 Å². The number of carbonyl (C=O) groups is 1. The highest BCUT2D eigenvalue weighted by molar-refractivity contribution is 5.82. The zero-order valence-electron chi connectivity index (χ0n) is 12.4. The molecule has 0 aliphatic carbocycles. The molecule has 1 aromatic heterocycles. The first-order valence-corrected chi connectivity index (χ1v) is 6.73. The van der Waals surface area contributed by atoms with Gasteiger partial charge in [-0.1, -0.05) is 6.92 Å². The van der Waals surface area contributed by atoms with Crippen molar-refractivity contribution in [2.45, 2.75) is 20.3 Å². The van der Waals surface area contributed by atoms with Gasteiger partial charge in [-0.2, -0.15) is 0 Å². The fourth-order valence-corrected chi connectivity index (χ4v) is 1.85. The second-order valence-corrected chi connectivity index (χ2v) is 4.28. The zero-order chi connectivity index (χ0) is 15.8. The van der Waals surface area contributed by atoms with Crippen molar-refractivity contribution in [1.29, 1.82) is 0 Å². The average molecular weight is 296 g/mol. The SMILES string of the molecule is CCCN(CC(=O)NC)c1ncnc(NCC)c1[N+](=O)[O-]. The van der Waals surface area contributed by atoms with Crippen molar-refractivity contribution in [3.05, 3.63) is 16.4 Å². The maximum absolute atomic E-state index is 11.6. The first-order valence-electron chi connectivity index (χ1n) is 6.73. The fourth-order valence-electron chi connectivity index (χ4n) is 1.85. The first-order chi connectivity index (χ1) is 10.0. The van der Waals surface area contributed by atoms with E-state index in [-0.39, 0.29) is 29.8 Å². The van der Waals surface area contributed by atoms with E-state index in [1.54, 1.807) is 4.90 Å². The summed E-state index contributed by atoms with van der Waals surface area (Å²) in [4.78, 5) is 31.9. The van der Waals surface area contributed by atoms with Crippen LogP contribution in [-0.2, 0) is 4.79 Å². The molecule has 0 saturated heterocycles. The minimum atomic E-state index is -0.528. The molecule has 116 valence electrons. The minimum Gasteiger partial charge on any atom is -0.364 e. The fraction of sp³-hybridized carbons (Fsp3) is 0.583. The molecule has 9 nitrogen and oxygen atoms in total. The molecule has 2 N–H and O–H groups in total. The number of carbonyl (C=O) groups excluding carboxylic acids is 1. The van der Waals surface area contributed by atoms with Crippen LogP contribution in [0.3, 0.4) is 0 Å². The van der Waals surface area contributed by atoms with E-state index < -0.39 is 4.92 Å². The Bertz CT molecular complexity index is 508. The highest BCUT2D eigenvalue weighted by Crippen LogP contribution is 2.31. The van der Waals surface area contributed by atoms with Gasteiger partial charge in [-0.3, -0.25) is 14.9 Å². The molecule has 0 aromatic carbocycles. The Labute approximate surface area is 122 Å². The number of amides is 1. The smallest absolute Gasteiger partial charge is 0.353 e. The molecule has 0 saturated carbocycles. The molecule has 9 heteroatoms. The topological polar surface area (TPSA) is 113 Å². The highest BCUT2D eigenvalue weighted by Gasteiger charge is 2.27. The third-order valence-electron chi connectivity index (χ3n) is 2.74. The van der Waals surface area contributed by atoms with Gasteiger partial charge >= 0.3 is 5.69 Å². The monoisotopic (exact) mass is 296 g/mol. The van der Waals surface area contributed by atoms with E-state index in [1.165, 1.54) is 13.4 Å². The molecule has 1 aromatic rings. The third kappa shape index (κ3) is 4.26. The summed E-state index contributed by atoms with van der Waals surface area (Å²) in [5.74, 6) is 0.0725. The lowest BCUT2D eigenvalue weighted by Crippen LogP contribution is -2.37. The number of anilines is 2. The van der Waals surface area contributed by atoms with Gasteiger partial charge in [-0.05, 0) is 13.3 Å². The summed E-state index contributed by atoms with van der Waals surface area (Å²) >= 11 is 0. The molecule has 1 rings (SSSR count). The number of hydrogen-bond donors (Lipinski definition) is 2. The number of rotatable bonds is 8. The zero-order valence-corrected chi connectivity index (χ0v) is 12.4. The van der Waals surface area contributed by atoms with Gasteiger partial charge in [0.15, 0.2) is 0 Å². The lowest BCUT2D eigenvalue weighted by atomic mass is 10.3. The van der Waals surface area contributed by atoms with E-state index in [9.17, 15) is 14.9 Å². The van der Waals surface area contributed by atoms with Gasteiger partial charge in [0.05, 0.1) is 11.5 Å². The van der Waals surface area contributed by atoms with Crippen molar-refractivity contribution < 1.29 is 9.72 Å². The third-order valence-corrected chi connectivity index (χ3v) is 2.74. The van der Waals surface area contributed by atoms with E-state index >= 15 is 0 Å². The quantitative estimate of drug-likeness (QED) is 0.538. The predicted octanol–water partition coefficient (Wildman–Crippen LogP) is 0.779. The molecular formula is C12H20N6O3. The normalized spacial score (nSPS) is 10.0. The molecule has 0 aliphatic rings. The maximum atomic E-state index is 11.6. The minimum absolute atomic E-state index is 0.00770. The van der Waals surface area contributed by atoms with Crippen molar-refractivity contribution >= 4 is 23.2 Å². The number of hydrogen-bond acceptors (Lipinski definition) is 7. The van der Waals surface area contributed by atoms with Crippen molar-refractivity contribution in [2.24, 2.45) is 0 Å². The molecule has 0 spiro atoms. The van der Waals surface area contributed by atoms with Crippen LogP contribution < -0.4 is 15.5 Å². The molecule has 1 heterocycles. The van der Waals surface area contributed by atoms with Gasteiger partial charge in [0.25, 0.3) is 0 Å². The van der Waals surface area contributed by atoms with Gasteiger partial charge in [0, 0.05) is 20.1 Å². The first kappa shape index (κ1) is 16.6. The lowest BCUT2D eigenvalue weighted by molar-refractivity contribution is -0.383. The largest absolute Gasteiger partial charge is 0.364 e. The van der Waals surface area contributed by atoms with Crippen LogP contribution in [0, 0.1) is 10.1 Å². The Morgan fingerprint density at radius 1 is 1.43 bits per heavy atom. The van der Waals surface area contributed by atoms with Crippen molar-refractivity contribution in [2.75, 3.05) is 36.9 Å². The van der Waals surface area contributed by atoms with E-state index in [1.807, 2.05) is 13.8 Å². The van der Waals surface area contributed by atoms with Gasteiger partial charge in [0.2, 0.25) is 17.5 Å². The van der Waals surface area contributed by atoms with Gasteiger partial charge in [0.1, 0.15) is 6.33 Å². The predicted molar refractivity (Wildman–Crippen MR) is 79.4 cm³/mol. The molecular weight excluding hydrogens is 276 g/mol. The van der Waals surface area contributed by atoms with Crippen molar-refractivity contribution in [3.63, 3.8) is 0 Å². The van der Waals surface area contributed by atoms with Crippen molar-refractivity contribution in [3.8, 4) is 0 Å². The van der Waals surface area contributed by atoms with Crippen LogP contribution >= 0.6 is 0 Å². The van der Waals surface area contributed by atoms with Gasteiger partial charge in [-0.15, -0.1) is 0 Å². The Balaban J connectivity index is 3.25. The summed E-state index contributed by atoms with van der Waals surface area (Å²) in [6.45, 7) is 4.74. The summed E-state index contributed by atoms with van der Waals surface area (Å²) in [5, 5.41) is 16.7. The maximum Gasteiger partial charge on any atom is 0.353 e. The highest BCUT2D eigenvalue weighted by atomic mass is 16.6. The second kappa shape index (κ2) is 7.98. The summed E-state index contributed by atoms with van der Waals surface area (Å²) in [7, 11) is 1.52. The molecule has 0 unspecified atom stereocenters. The van der Waals surface area contributed by atoms with E-state index in [4.69, 9.17) is 0 Å². The molecule has 0 aliphatic heterocycles. The summed E-state index contributed by atoms with van der Waals surface area (Å²) < 4.78 is 0. The molecule has 0 radical (unpaired) electrons. The number of likely N-dealkylation sites (N-methyl/N-ethyl adjacent to an activating group) is 1. The van der Waals surface area contributed by atoms with E-state index in [2.05, 4.69) is 20.6 Å². The average Bonchev–Trinajstić information content (AvgIpc) is 2.46. The van der Waals surface area contributed by atoms with Crippen LogP contribution in [0.25, 0.3) is 0 Å². The van der Waals surface area contributed by atoms with Crippen LogP contribution in [0.5, 0.6) is 0 Å². The van der Waals surface area contributed by atoms with Crippen LogP contribution in [-0.4, -0.2) is 47.5 Å². The second-order valence-electron chi connectivity index (χ2n) is 4.28. The summed E-state index contributed by atoms with van der Waals surface area (Å²) in [6, 6.07) is 0. The molecule has 0 bridgehead atoms. The Kier molecular flexibility index (Phi) is 6.31. The number of nitrogens with one attached hydrogen (secondary N) is 2. The Morgan fingerprint density at radius 3 is 2.67 bits per heavy atom. The van der Waals surface area contributed by atoms with Crippen LogP contribution in [0.15, 0.2) is 6.33 Å². The molecule has 0 fully saturated rings. The number of nitro groups is 1. The Morgan fingerprint density at radius 2 is 2.14 bits per heavy atom. The number of aromatic nitrogens is 2. The standard InChI is InChI=1S/C12H20N6O3/c1-4-6-17(7-9(19)13-3)12-10(18(20)21)11(14-5-2)15-8-16-12/h8H,4-7H2,1-3H3,(H,13,19)(H,14,15,16). The Hall–Kier alpha value is -2.45. The van der Waals surface area contributed by atoms with E-state index in [0.29, 0.717) is 13.1 Å². The number of nitrogens with zero attached hydrogens (tertiary/aromatic N) is 4. The van der Waals surface area contributed by atoms with Crippen molar-refractivity contribution in [1.82, 2.24) is 15.3 Å². The molecule has 21 heavy (non-hydrogen) atoms. The van der Waals surface area contributed by atoms with E-state index in [0.717, 1.165) is 6.42 Å².